The van der Waals surface area contributed by atoms with Crippen molar-refractivity contribution in [3.63, 3.8) is 0 Å². The maximum absolute atomic E-state index is 13.8. The quantitative estimate of drug-likeness (QED) is 0.0830. The summed E-state index contributed by atoms with van der Waals surface area (Å²) in [6, 6.07) is 0. The van der Waals surface area contributed by atoms with E-state index in [1.54, 1.807) is 0 Å². The van der Waals surface area contributed by atoms with Gasteiger partial charge in [-0.05, 0) is 44.7 Å². The average molecular weight is 857 g/mol. The molecule has 0 unspecified atom stereocenters. The molecule has 3 aromatic rings. The Kier molecular flexibility index (Phi) is 13.6. The maximum atomic E-state index is 13.8. The molecule has 0 atom stereocenters. The molecule has 2 aliphatic heterocycles. The van der Waals surface area contributed by atoms with Gasteiger partial charge in [0.15, 0.2) is 11.5 Å². The fourth-order valence-corrected chi connectivity index (χ4v) is 11.8. The number of hydrogen-bond acceptors (Lipinski definition) is 9. The minimum atomic E-state index is -0.305. The second kappa shape index (κ2) is 17.4. The van der Waals surface area contributed by atoms with E-state index >= 15 is 0 Å². The molecule has 5 rings (SSSR count). The topological polar surface area (TPSA) is 93.2 Å². The molecule has 0 bridgehead atoms. The fraction of sp³-hybridized carbons (Fsp3) is 0.556. The molecule has 0 fully saturated rings. The van der Waals surface area contributed by atoms with Gasteiger partial charge in [-0.3, -0.25) is 29.0 Å². The Hall–Kier alpha value is -2.06. The van der Waals surface area contributed by atoms with Gasteiger partial charge in [-0.25, -0.2) is 0 Å². The van der Waals surface area contributed by atoms with Gasteiger partial charge in [-0.15, -0.1) is 34.0 Å². The van der Waals surface area contributed by atoms with E-state index in [-0.39, 0.29) is 23.6 Å². The number of amides is 4. The van der Waals surface area contributed by atoms with E-state index in [2.05, 4.69) is 45.7 Å². The molecule has 266 valence electrons. The van der Waals surface area contributed by atoms with Crippen molar-refractivity contribution < 1.29 is 28.7 Å². The SMILES string of the molecule is CCCCCCCCCN1C(=O)c2c(Br)sc(-c3sc(-c4sc(Br)c5c4C(=O)N(CCCCCCCCC)C5=O)c(OC)c3OC)c2C1=O. The van der Waals surface area contributed by atoms with Crippen molar-refractivity contribution in [1.29, 1.82) is 0 Å². The van der Waals surface area contributed by atoms with Crippen LogP contribution in [0.3, 0.4) is 0 Å². The Bertz CT molecular complexity index is 1590. The number of methoxy groups -OCH3 is 2. The number of unbranched alkanes of at least 4 members (excludes halogenated alkanes) is 12. The highest BCUT2D eigenvalue weighted by Gasteiger charge is 2.45. The van der Waals surface area contributed by atoms with Gasteiger partial charge >= 0.3 is 0 Å². The number of hydrogen-bond donors (Lipinski definition) is 0. The van der Waals surface area contributed by atoms with E-state index in [1.165, 1.54) is 109 Å². The van der Waals surface area contributed by atoms with E-state index in [0.717, 1.165) is 38.5 Å². The first-order valence-corrected chi connectivity index (χ1v) is 21.4. The molecule has 8 nitrogen and oxygen atoms in total. The number of nitrogens with zero attached hydrogens (tertiary/aromatic N) is 2. The van der Waals surface area contributed by atoms with Crippen molar-refractivity contribution in [2.75, 3.05) is 27.3 Å². The van der Waals surface area contributed by atoms with Gasteiger partial charge in [0.2, 0.25) is 0 Å². The Morgan fingerprint density at radius 2 is 0.796 bits per heavy atom. The first-order chi connectivity index (χ1) is 23.7. The molecular formula is C36H44Br2N2O6S3. The highest BCUT2D eigenvalue weighted by Crippen LogP contribution is 2.59. The van der Waals surface area contributed by atoms with Crippen LogP contribution in [0.5, 0.6) is 11.5 Å². The van der Waals surface area contributed by atoms with E-state index in [9.17, 15) is 19.2 Å². The monoisotopic (exact) mass is 854 g/mol. The highest BCUT2D eigenvalue weighted by molar-refractivity contribution is 9.11. The van der Waals surface area contributed by atoms with Crippen molar-refractivity contribution in [3.05, 3.63) is 29.8 Å². The first kappa shape index (κ1) is 38.2. The van der Waals surface area contributed by atoms with Crippen LogP contribution in [0.25, 0.3) is 19.5 Å². The lowest BCUT2D eigenvalue weighted by atomic mass is 10.1. The number of ether oxygens (including phenoxy) is 2. The number of imide groups is 2. The summed E-state index contributed by atoms with van der Waals surface area (Å²) in [5, 5.41) is 0. The lowest BCUT2D eigenvalue weighted by molar-refractivity contribution is 0.0635. The second-order valence-corrected chi connectivity index (χ2v) is 18.2. The summed E-state index contributed by atoms with van der Waals surface area (Å²) >= 11 is 11.1. The van der Waals surface area contributed by atoms with Crippen LogP contribution in [0.15, 0.2) is 7.57 Å². The molecule has 0 radical (unpaired) electrons. The molecule has 0 spiro atoms. The third-order valence-electron chi connectivity index (χ3n) is 9.18. The van der Waals surface area contributed by atoms with E-state index < -0.39 is 0 Å². The summed E-state index contributed by atoms with van der Waals surface area (Å²) < 4.78 is 13.0. The van der Waals surface area contributed by atoms with E-state index in [4.69, 9.17) is 9.47 Å². The van der Waals surface area contributed by atoms with Crippen LogP contribution >= 0.6 is 65.9 Å². The number of fused-ring (bicyclic) bond motifs is 2. The Balaban J connectivity index is 1.41. The zero-order valence-corrected chi connectivity index (χ0v) is 34.3. The van der Waals surface area contributed by atoms with Gasteiger partial charge in [0.05, 0.1) is 63.6 Å². The molecule has 0 N–H and O–H groups in total. The average Bonchev–Trinajstić information content (AvgIpc) is 3.85. The molecule has 0 saturated carbocycles. The number of halogens is 2. The number of carbonyl (C=O) groups excluding carboxylic acids is 4. The van der Waals surface area contributed by atoms with Crippen LogP contribution in [-0.4, -0.2) is 60.7 Å². The van der Waals surface area contributed by atoms with Crippen molar-refractivity contribution >= 4 is 89.5 Å². The lowest BCUT2D eigenvalue weighted by Gasteiger charge is -2.14. The maximum Gasteiger partial charge on any atom is 0.263 e. The largest absolute Gasteiger partial charge is 0.491 e. The summed E-state index contributed by atoms with van der Waals surface area (Å²) in [5.74, 6) is -0.345. The molecule has 3 aromatic heterocycles. The van der Waals surface area contributed by atoms with Crippen LogP contribution in [0, 0.1) is 0 Å². The predicted octanol–water partition coefficient (Wildman–Crippen LogP) is 11.4. The number of carbonyl (C=O) groups is 4. The summed E-state index contributed by atoms with van der Waals surface area (Å²) in [6.07, 6.45) is 15.3. The molecule has 4 amide bonds. The normalized spacial score (nSPS) is 14.1. The van der Waals surface area contributed by atoms with Crippen LogP contribution in [0.4, 0.5) is 0 Å². The van der Waals surface area contributed by atoms with Gasteiger partial charge in [0, 0.05) is 13.1 Å². The summed E-state index contributed by atoms with van der Waals surface area (Å²) in [7, 11) is 3.07. The standard InChI is InChI=1S/C36H44Br2N2O6S3/c1-5-7-9-11-13-15-17-19-39-33(41)21-23(35(39)43)31(37)48-27(21)29-25(45-3)26(46-4)30(47-29)28-22-24(32(38)49-28)36(44)40(34(22)42)20-18-16-14-12-10-8-6-2/h5-20H2,1-4H3. The predicted molar refractivity (Wildman–Crippen MR) is 206 cm³/mol. The van der Waals surface area contributed by atoms with E-state index in [0.29, 0.717) is 73.9 Å². The zero-order chi connectivity index (χ0) is 35.2. The third kappa shape index (κ3) is 7.61. The molecule has 49 heavy (non-hydrogen) atoms. The van der Waals surface area contributed by atoms with Crippen LogP contribution < -0.4 is 9.47 Å². The van der Waals surface area contributed by atoms with Gasteiger partial charge in [-0.1, -0.05) is 90.9 Å². The minimum Gasteiger partial charge on any atom is -0.491 e. The zero-order valence-electron chi connectivity index (χ0n) is 28.6. The third-order valence-corrected chi connectivity index (χ3v) is 14.4. The smallest absolute Gasteiger partial charge is 0.263 e. The summed E-state index contributed by atoms with van der Waals surface area (Å²) in [5.41, 5.74) is 1.49. The van der Waals surface area contributed by atoms with Crippen molar-refractivity contribution in [1.82, 2.24) is 9.80 Å². The van der Waals surface area contributed by atoms with Gasteiger partial charge in [-0.2, -0.15) is 0 Å². The lowest BCUT2D eigenvalue weighted by Crippen LogP contribution is -2.31. The molecular weight excluding hydrogens is 812 g/mol. The summed E-state index contributed by atoms with van der Waals surface area (Å²) in [6.45, 7) is 5.15. The number of rotatable bonds is 20. The Labute approximate surface area is 317 Å². The van der Waals surface area contributed by atoms with Crippen LogP contribution in [0.2, 0.25) is 0 Å². The van der Waals surface area contributed by atoms with Crippen molar-refractivity contribution in [2.45, 2.75) is 104 Å². The van der Waals surface area contributed by atoms with E-state index in [1.807, 2.05) is 0 Å². The van der Waals surface area contributed by atoms with Gasteiger partial charge < -0.3 is 9.47 Å². The van der Waals surface area contributed by atoms with Crippen LogP contribution in [0.1, 0.15) is 145 Å². The second-order valence-electron chi connectivity index (χ2n) is 12.5. The van der Waals surface area contributed by atoms with Crippen molar-refractivity contribution in [2.24, 2.45) is 0 Å². The molecule has 0 saturated heterocycles. The molecule has 0 aromatic carbocycles. The molecule has 5 heterocycles. The van der Waals surface area contributed by atoms with Crippen molar-refractivity contribution in [3.8, 4) is 31.0 Å². The first-order valence-electron chi connectivity index (χ1n) is 17.3. The van der Waals surface area contributed by atoms with Gasteiger partial charge in [0.25, 0.3) is 23.6 Å². The molecule has 0 aliphatic carbocycles. The fourth-order valence-electron chi connectivity index (χ4n) is 6.57. The molecule has 2 aliphatic rings. The highest BCUT2D eigenvalue weighted by atomic mass is 79.9. The Morgan fingerprint density at radius 1 is 0.469 bits per heavy atom. The Morgan fingerprint density at radius 3 is 1.14 bits per heavy atom. The number of thiophene rings is 3. The minimum absolute atomic E-state index is 0.284. The van der Waals surface area contributed by atoms with Crippen LogP contribution in [-0.2, 0) is 0 Å². The summed E-state index contributed by atoms with van der Waals surface area (Å²) in [4.78, 5) is 59.9. The molecule has 13 heteroatoms. The van der Waals surface area contributed by atoms with Gasteiger partial charge in [0.1, 0.15) is 0 Å².